The molecule has 0 radical (unpaired) electrons. The molecule has 1 N–H and O–H groups in total. The average Bonchev–Trinajstić information content (AvgIpc) is 2.72. The van der Waals surface area contributed by atoms with Gasteiger partial charge in [0.1, 0.15) is 12.3 Å². The standard InChI is InChI=1S/C22H30N2O6S/c1-5-28-19-11-9-18(10-12-19)24(31(4,26)27)16-22(25)23-15-17-8-13-20(29-6-2)21(14-17)30-7-3/h8-14H,5-7,15-16H2,1-4H3,(H,23,25). The van der Waals surface area contributed by atoms with E-state index in [9.17, 15) is 13.2 Å². The lowest BCUT2D eigenvalue weighted by Gasteiger charge is -2.22. The Morgan fingerprint density at radius 3 is 2.10 bits per heavy atom. The summed E-state index contributed by atoms with van der Waals surface area (Å²) in [6.45, 7) is 7.04. The van der Waals surface area contributed by atoms with Crippen LogP contribution in [-0.4, -0.2) is 46.9 Å². The maximum Gasteiger partial charge on any atom is 0.241 e. The van der Waals surface area contributed by atoms with Crippen LogP contribution in [0, 0.1) is 0 Å². The van der Waals surface area contributed by atoms with E-state index in [1.54, 1.807) is 36.4 Å². The van der Waals surface area contributed by atoms with Gasteiger partial charge in [-0.05, 0) is 62.7 Å². The van der Waals surface area contributed by atoms with Crippen molar-refractivity contribution >= 4 is 21.6 Å². The van der Waals surface area contributed by atoms with Crippen LogP contribution in [0.15, 0.2) is 42.5 Å². The summed E-state index contributed by atoms with van der Waals surface area (Å²) >= 11 is 0. The number of sulfonamides is 1. The van der Waals surface area contributed by atoms with Crippen LogP contribution in [0.2, 0.25) is 0 Å². The maximum atomic E-state index is 12.5. The van der Waals surface area contributed by atoms with Gasteiger partial charge in [-0.25, -0.2) is 8.42 Å². The van der Waals surface area contributed by atoms with E-state index >= 15 is 0 Å². The Hall–Kier alpha value is -2.94. The van der Waals surface area contributed by atoms with Gasteiger partial charge in [0.25, 0.3) is 0 Å². The van der Waals surface area contributed by atoms with Gasteiger partial charge >= 0.3 is 0 Å². The Morgan fingerprint density at radius 2 is 1.52 bits per heavy atom. The number of carbonyl (C=O) groups is 1. The molecule has 0 heterocycles. The number of benzene rings is 2. The van der Waals surface area contributed by atoms with E-state index in [1.165, 1.54) is 0 Å². The summed E-state index contributed by atoms with van der Waals surface area (Å²) in [5.74, 6) is 1.44. The number of nitrogens with one attached hydrogen (secondary N) is 1. The smallest absolute Gasteiger partial charge is 0.241 e. The molecule has 0 aliphatic heterocycles. The lowest BCUT2D eigenvalue weighted by molar-refractivity contribution is -0.119. The van der Waals surface area contributed by atoms with Gasteiger partial charge < -0.3 is 19.5 Å². The highest BCUT2D eigenvalue weighted by molar-refractivity contribution is 7.92. The molecule has 9 heteroatoms. The highest BCUT2D eigenvalue weighted by Gasteiger charge is 2.21. The molecule has 1 amide bonds. The number of nitrogens with zero attached hydrogens (tertiary/aromatic N) is 1. The quantitative estimate of drug-likeness (QED) is 0.534. The number of ether oxygens (including phenoxy) is 3. The van der Waals surface area contributed by atoms with Gasteiger partial charge in [0.05, 0.1) is 31.8 Å². The zero-order valence-electron chi connectivity index (χ0n) is 18.4. The molecule has 0 saturated heterocycles. The molecule has 0 aliphatic carbocycles. The fourth-order valence-corrected chi connectivity index (χ4v) is 3.72. The Bertz CT molecular complexity index is 960. The van der Waals surface area contributed by atoms with Crippen molar-refractivity contribution in [2.24, 2.45) is 0 Å². The molecule has 0 aliphatic rings. The molecule has 0 saturated carbocycles. The number of hydrogen-bond donors (Lipinski definition) is 1. The molecule has 2 aromatic carbocycles. The zero-order valence-corrected chi connectivity index (χ0v) is 19.2. The minimum Gasteiger partial charge on any atom is -0.494 e. The minimum absolute atomic E-state index is 0.228. The molecule has 0 fully saturated rings. The average molecular weight is 451 g/mol. The van der Waals surface area contributed by atoms with Gasteiger partial charge in [-0.3, -0.25) is 9.10 Å². The van der Waals surface area contributed by atoms with E-state index in [0.29, 0.717) is 42.8 Å². The number of anilines is 1. The fourth-order valence-electron chi connectivity index (χ4n) is 2.87. The lowest BCUT2D eigenvalue weighted by Crippen LogP contribution is -2.40. The maximum absolute atomic E-state index is 12.5. The van der Waals surface area contributed by atoms with E-state index in [2.05, 4.69) is 5.32 Å². The first-order chi connectivity index (χ1) is 14.8. The first-order valence-corrected chi connectivity index (χ1v) is 12.0. The van der Waals surface area contributed by atoms with Gasteiger partial charge in [0.15, 0.2) is 11.5 Å². The van der Waals surface area contributed by atoms with Crippen molar-refractivity contribution in [1.82, 2.24) is 5.32 Å². The molecule has 0 aromatic heterocycles. The molecule has 0 bridgehead atoms. The Morgan fingerprint density at radius 1 is 0.903 bits per heavy atom. The third kappa shape index (κ3) is 7.36. The van der Waals surface area contributed by atoms with Crippen molar-refractivity contribution in [3.05, 3.63) is 48.0 Å². The first kappa shape index (κ1) is 24.3. The lowest BCUT2D eigenvalue weighted by atomic mass is 10.2. The van der Waals surface area contributed by atoms with Gasteiger partial charge in [0.2, 0.25) is 15.9 Å². The van der Waals surface area contributed by atoms with Crippen molar-refractivity contribution in [3.63, 3.8) is 0 Å². The normalized spacial score (nSPS) is 11.0. The molecule has 2 rings (SSSR count). The molecule has 31 heavy (non-hydrogen) atoms. The van der Waals surface area contributed by atoms with Gasteiger partial charge in [-0.15, -0.1) is 0 Å². The monoisotopic (exact) mass is 450 g/mol. The molecule has 0 atom stereocenters. The van der Waals surface area contributed by atoms with Crippen molar-refractivity contribution in [3.8, 4) is 17.2 Å². The summed E-state index contributed by atoms with van der Waals surface area (Å²) in [4.78, 5) is 12.5. The van der Waals surface area contributed by atoms with Crippen molar-refractivity contribution in [2.75, 3.05) is 36.9 Å². The van der Waals surface area contributed by atoms with Gasteiger partial charge in [0, 0.05) is 6.54 Å². The number of hydrogen-bond acceptors (Lipinski definition) is 6. The number of amides is 1. The topological polar surface area (TPSA) is 94.2 Å². The van der Waals surface area contributed by atoms with Crippen LogP contribution in [0.25, 0.3) is 0 Å². The Balaban J connectivity index is 2.07. The summed E-state index contributed by atoms with van der Waals surface area (Å²) in [6.07, 6.45) is 1.07. The number of carbonyl (C=O) groups excluding carboxylic acids is 1. The third-order valence-electron chi connectivity index (χ3n) is 4.22. The molecule has 170 valence electrons. The van der Waals surface area contributed by atoms with Crippen LogP contribution in [-0.2, 0) is 21.4 Å². The molecular weight excluding hydrogens is 420 g/mol. The second-order valence-corrected chi connectivity index (χ2v) is 8.53. The largest absolute Gasteiger partial charge is 0.494 e. The second kappa shape index (κ2) is 11.5. The number of rotatable bonds is 12. The summed E-state index contributed by atoms with van der Waals surface area (Å²) in [5, 5.41) is 2.76. The van der Waals surface area contributed by atoms with Crippen LogP contribution in [0.4, 0.5) is 5.69 Å². The molecule has 8 nitrogen and oxygen atoms in total. The minimum atomic E-state index is -3.65. The summed E-state index contributed by atoms with van der Waals surface area (Å²) in [6, 6.07) is 12.0. The first-order valence-electron chi connectivity index (χ1n) is 10.1. The van der Waals surface area contributed by atoms with Crippen molar-refractivity contribution in [2.45, 2.75) is 27.3 Å². The Labute approximate surface area is 184 Å². The van der Waals surface area contributed by atoms with Crippen LogP contribution < -0.4 is 23.8 Å². The molecule has 2 aromatic rings. The Kier molecular flexibility index (Phi) is 8.99. The van der Waals surface area contributed by atoms with Crippen LogP contribution in [0.3, 0.4) is 0 Å². The van der Waals surface area contributed by atoms with Crippen LogP contribution in [0.1, 0.15) is 26.3 Å². The molecular formula is C22H30N2O6S. The second-order valence-electron chi connectivity index (χ2n) is 6.62. The van der Waals surface area contributed by atoms with Gasteiger partial charge in [-0.1, -0.05) is 6.07 Å². The van der Waals surface area contributed by atoms with Crippen LogP contribution in [0.5, 0.6) is 17.2 Å². The van der Waals surface area contributed by atoms with Crippen LogP contribution >= 0.6 is 0 Å². The highest BCUT2D eigenvalue weighted by Crippen LogP contribution is 2.28. The van der Waals surface area contributed by atoms with Gasteiger partial charge in [-0.2, -0.15) is 0 Å². The molecule has 0 spiro atoms. The van der Waals surface area contributed by atoms with E-state index in [-0.39, 0.29) is 13.1 Å². The fraction of sp³-hybridized carbons (Fsp3) is 0.409. The molecule has 0 unspecified atom stereocenters. The summed E-state index contributed by atoms with van der Waals surface area (Å²) < 4.78 is 42.1. The van der Waals surface area contributed by atoms with E-state index in [4.69, 9.17) is 14.2 Å². The zero-order chi connectivity index (χ0) is 22.9. The predicted molar refractivity (Wildman–Crippen MR) is 120 cm³/mol. The van der Waals surface area contributed by atoms with Crippen molar-refractivity contribution < 1.29 is 27.4 Å². The van der Waals surface area contributed by atoms with E-state index in [1.807, 2.05) is 26.8 Å². The van der Waals surface area contributed by atoms with Crippen molar-refractivity contribution in [1.29, 1.82) is 0 Å². The van der Waals surface area contributed by atoms with E-state index < -0.39 is 15.9 Å². The predicted octanol–water partition coefficient (Wildman–Crippen LogP) is 2.97. The third-order valence-corrected chi connectivity index (χ3v) is 5.36. The summed E-state index contributed by atoms with van der Waals surface area (Å²) in [7, 11) is -3.65. The van der Waals surface area contributed by atoms with E-state index in [0.717, 1.165) is 16.1 Å². The summed E-state index contributed by atoms with van der Waals surface area (Å²) in [5.41, 5.74) is 1.20. The SMILES string of the molecule is CCOc1ccc(N(CC(=O)NCc2ccc(OCC)c(OCC)c2)S(C)(=O)=O)cc1. The highest BCUT2D eigenvalue weighted by atomic mass is 32.2.